The van der Waals surface area contributed by atoms with Crippen LogP contribution in [0.3, 0.4) is 0 Å². The van der Waals surface area contributed by atoms with Crippen LogP contribution in [-0.2, 0) is 0 Å². The van der Waals surface area contributed by atoms with Gasteiger partial charge in [-0.3, -0.25) is 9.98 Å². The van der Waals surface area contributed by atoms with E-state index in [0.717, 1.165) is 10.7 Å². The molecule has 2 aromatic carbocycles. The zero-order valence-corrected chi connectivity index (χ0v) is 13.4. The van der Waals surface area contributed by atoms with Crippen LogP contribution >= 0.6 is 11.8 Å². The van der Waals surface area contributed by atoms with Crippen LogP contribution < -0.4 is 0 Å². The van der Waals surface area contributed by atoms with Crippen LogP contribution in [0, 0.1) is 0 Å². The summed E-state index contributed by atoms with van der Waals surface area (Å²) in [7, 11) is 0. The molecule has 0 fully saturated rings. The summed E-state index contributed by atoms with van der Waals surface area (Å²) in [6.45, 7) is 0. The molecule has 2 unspecified atom stereocenters. The molecule has 0 N–H and O–H groups in total. The normalized spacial score (nSPS) is 20.3. The number of hydrogen-bond acceptors (Lipinski definition) is 3. The van der Waals surface area contributed by atoms with Crippen LogP contribution in [0.1, 0.15) is 28.1 Å². The van der Waals surface area contributed by atoms with E-state index in [9.17, 15) is 0 Å². The molecule has 1 aromatic heterocycles. The van der Waals surface area contributed by atoms with Gasteiger partial charge >= 0.3 is 0 Å². The molecule has 1 aliphatic rings. The Balaban J connectivity index is 1.75. The quantitative estimate of drug-likeness (QED) is 0.675. The van der Waals surface area contributed by atoms with Crippen molar-refractivity contribution in [2.75, 3.05) is 0 Å². The molecule has 1 aliphatic heterocycles. The van der Waals surface area contributed by atoms with Crippen LogP contribution in [0.4, 0.5) is 0 Å². The van der Waals surface area contributed by atoms with Crippen molar-refractivity contribution in [3.05, 3.63) is 102 Å². The predicted molar refractivity (Wildman–Crippen MR) is 96.7 cm³/mol. The van der Waals surface area contributed by atoms with Crippen molar-refractivity contribution in [1.82, 2.24) is 4.98 Å². The third kappa shape index (κ3) is 2.92. The first-order valence-electron chi connectivity index (χ1n) is 7.67. The van der Waals surface area contributed by atoms with E-state index in [4.69, 9.17) is 4.99 Å². The molecule has 2 heterocycles. The van der Waals surface area contributed by atoms with E-state index in [-0.39, 0.29) is 11.3 Å². The third-order valence-electron chi connectivity index (χ3n) is 3.93. The first-order chi connectivity index (χ1) is 11.4. The van der Waals surface area contributed by atoms with Crippen molar-refractivity contribution in [3.63, 3.8) is 0 Å². The molecule has 4 rings (SSSR count). The summed E-state index contributed by atoms with van der Waals surface area (Å²) in [5.41, 5.74) is 3.51. The van der Waals surface area contributed by atoms with Gasteiger partial charge in [0.1, 0.15) is 5.04 Å². The Morgan fingerprint density at radius 1 is 0.696 bits per heavy atom. The molecule has 3 heteroatoms. The Morgan fingerprint density at radius 2 is 1.35 bits per heavy atom. The van der Waals surface area contributed by atoms with Gasteiger partial charge in [-0.1, -0.05) is 78.5 Å². The van der Waals surface area contributed by atoms with Gasteiger partial charge in [-0.25, -0.2) is 0 Å². The molecule has 2 nitrogen and oxygen atoms in total. The van der Waals surface area contributed by atoms with Gasteiger partial charge in [-0.05, 0) is 23.3 Å². The lowest BCUT2D eigenvalue weighted by molar-refractivity contribution is 0.724. The second-order valence-electron chi connectivity index (χ2n) is 5.45. The van der Waals surface area contributed by atoms with Crippen molar-refractivity contribution in [3.8, 4) is 0 Å². The number of nitrogens with zero attached hydrogens (tertiary/aromatic N) is 2. The summed E-state index contributed by atoms with van der Waals surface area (Å²) in [4.78, 5) is 9.47. The topological polar surface area (TPSA) is 25.2 Å². The molecular formula is C20H16N2S. The van der Waals surface area contributed by atoms with Gasteiger partial charge in [-0.15, -0.1) is 0 Å². The maximum Gasteiger partial charge on any atom is 0.118 e. The first kappa shape index (κ1) is 14.2. The molecule has 0 saturated heterocycles. The van der Waals surface area contributed by atoms with Gasteiger partial charge in [0.25, 0.3) is 0 Å². The second-order valence-corrected chi connectivity index (χ2v) is 6.58. The highest BCUT2D eigenvalue weighted by Crippen LogP contribution is 2.49. The fraction of sp³-hybridized carbons (Fsp3) is 0.100. The number of rotatable bonds is 3. The zero-order valence-electron chi connectivity index (χ0n) is 12.5. The van der Waals surface area contributed by atoms with E-state index in [1.54, 1.807) is 0 Å². The third-order valence-corrected chi connectivity index (χ3v) is 5.26. The van der Waals surface area contributed by atoms with Crippen molar-refractivity contribution in [1.29, 1.82) is 0 Å². The van der Waals surface area contributed by atoms with Gasteiger partial charge in [0.05, 0.1) is 17.0 Å². The van der Waals surface area contributed by atoms with E-state index in [0.29, 0.717) is 0 Å². The molecular weight excluding hydrogens is 300 g/mol. The number of pyridine rings is 1. The van der Waals surface area contributed by atoms with E-state index in [1.807, 2.05) is 42.2 Å². The molecule has 0 radical (unpaired) electrons. The Kier molecular flexibility index (Phi) is 3.95. The largest absolute Gasteiger partial charge is 0.267 e. The summed E-state index contributed by atoms with van der Waals surface area (Å²) in [5, 5.41) is 1.31. The minimum atomic E-state index is 0.126. The predicted octanol–water partition coefficient (Wildman–Crippen LogP) is 5.06. The van der Waals surface area contributed by atoms with Gasteiger partial charge < -0.3 is 0 Å². The maximum atomic E-state index is 5.00. The van der Waals surface area contributed by atoms with Crippen molar-refractivity contribution in [2.24, 2.45) is 4.99 Å². The number of hydrogen-bond donors (Lipinski definition) is 0. The summed E-state index contributed by atoms with van der Waals surface area (Å²) in [5.74, 6) is 0. The van der Waals surface area contributed by atoms with Crippen molar-refractivity contribution >= 4 is 16.8 Å². The Labute approximate surface area is 140 Å². The van der Waals surface area contributed by atoms with E-state index in [1.165, 1.54) is 11.1 Å². The van der Waals surface area contributed by atoms with E-state index >= 15 is 0 Å². The highest BCUT2D eigenvalue weighted by molar-refractivity contribution is 8.14. The average Bonchev–Trinajstić information content (AvgIpc) is 3.09. The maximum absolute atomic E-state index is 5.00. The van der Waals surface area contributed by atoms with Gasteiger partial charge in [0, 0.05) is 6.20 Å². The second kappa shape index (κ2) is 6.39. The van der Waals surface area contributed by atoms with Crippen LogP contribution in [-0.4, -0.2) is 10.0 Å². The highest BCUT2D eigenvalue weighted by atomic mass is 32.2. The zero-order chi connectivity index (χ0) is 15.5. The number of thioether (sulfide) groups is 1. The fourth-order valence-corrected chi connectivity index (χ4v) is 4.11. The molecule has 0 saturated carbocycles. The molecule has 23 heavy (non-hydrogen) atoms. The molecule has 0 bridgehead atoms. The standard InChI is InChI=1S/C20H16N2S/c1-3-9-15(10-4-1)18-19(16-11-5-2-6-12-16)23-20(22-18)17-13-7-8-14-21-17/h1-14,18-19H. The molecule has 0 amide bonds. The summed E-state index contributed by atoms with van der Waals surface area (Å²) < 4.78 is 0. The summed E-state index contributed by atoms with van der Waals surface area (Å²) >= 11 is 1.81. The van der Waals surface area contributed by atoms with Crippen molar-refractivity contribution in [2.45, 2.75) is 11.3 Å². The van der Waals surface area contributed by atoms with E-state index in [2.05, 4.69) is 59.6 Å². The molecule has 3 aromatic rings. The smallest absolute Gasteiger partial charge is 0.118 e. The minimum Gasteiger partial charge on any atom is -0.267 e. The van der Waals surface area contributed by atoms with Crippen LogP contribution in [0.15, 0.2) is 90.1 Å². The number of aliphatic imine (C=N–C) groups is 1. The molecule has 2 atom stereocenters. The highest BCUT2D eigenvalue weighted by Gasteiger charge is 2.33. The monoisotopic (exact) mass is 316 g/mol. The number of aromatic nitrogens is 1. The van der Waals surface area contributed by atoms with Crippen molar-refractivity contribution < 1.29 is 0 Å². The Hall–Kier alpha value is -2.39. The summed E-state index contributed by atoms with van der Waals surface area (Å²) in [6.07, 6.45) is 1.83. The minimum absolute atomic E-state index is 0.126. The van der Waals surface area contributed by atoms with Gasteiger partial charge in [-0.2, -0.15) is 0 Å². The molecule has 0 spiro atoms. The van der Waals surface area contributed by atoms with Crippen LogP contribution in [0.25, 0.3) is 0 Å². The average molecular weight is 316 g/mol. The first-order valence-corrected chi connectivity index (χ1v) is 8.55. The lowest BCUT2D eigenvalue weighted by atomic mass is 9.99. The number of benzene rings is 2. The van der Waals surface area contributed by atoms with Gasteiger partial charge in [0.2, 0.25) is 0 Å². The fourth-order valence-electron chi connectivity index (χ4n) is 2.82. The van der Waals surface area contributed by atoms with Crippen LogP contribution in [0.5, 0.6) is 0 Å². The van der Waals surface area contributed by atoms with Gasteiger partial charge in [0.15, 0.2) is 0 Å². The van der Waals surface area contributed by atoms with E-state index < -0.39 is 0 Å². The van der Waals surface area contributed by atoms with Crippen LogP contribution in [0.2, 0.25) is 0 Å². The Bertz CT molecular complexity index is 801. The summed E-state index contributed by atoms with van der Waals surface area (Å²) in [6, 6.07) is 27.2. The lowest BCUT2D eigenvalue weighted by Gasteiger charge is -2.17. The molecule has 112 valence electrons. The lowest BCUT2D eigenvalue weighted by Crippen LogP contribution is -2.02. The molecule has 0 aliphatic carbocycles. The Morgan fingerprint density at radius 3 is 2.00 bits per heavy atom. The SMILES string of the molecule is c1ccc(C2N=C(c3ccccn3)SC2c2ccccc2)cc1.